The van der Waals surface area contributed by atoms with Crippen LogP contribution in [0.3, 0.4) is 0 Å². The number of aromatic nitrogens is 2. The van der Waals surface area contributed by atoms with E-state index in [9.17, 15) is 0 Å². The molecule has 1 aromatic heterocycles. The molecule has 0 aliphatic carbocycles. The summed E-state index contributed by atoms with van der Waals surface area (Å²) in [6.07, 6.45) is 4.95. The highest BCUT2D eigenvalue weighted by Crippen LogP contribution is 2.19. The number of methoxy groups -OCH3 is 1. The molecule has 0 fully saturated rings. The van der Waals surface area contributed by atoms with E-state index >= 15 is 0 Å². The Labute approximate surface area is 83.0 Å². The van der Waals surface area contributed by atoms with Crippen LogP contribution in [0.15, 0.2) is 23.9 Å². The molecule has 0 aliphatic rings. The lowest BCUT2D eigenvalue weighted by Gasteiger charge is -2.24. The van der Waals surface area contributed by atoms with Crippen LogP contribution >= 0.6 is 0 Å². The maximum Gasteiger partial charge on any atom is 0.161 e. The van der Waals surface area contributed by atoms with Crippen LogP contribution in [-0.4, -0.2) is 34.3 Å². The molecule has 0 aromatic carbocycles. The zero-order valence-corrected chi connectivity index (χ0v) is 8.64. The van der Waals surface area contributed by atoms with Crippen molar-refractivity contribution in [2.24, 2.45) is 10.6 Å². The van der Waals surface area contributed by atoms with Gasteiger partial charge >= 0.3 is 0 Å². The van der Waals surface area contributed by atoms with Crippen molar-refractivity contribution >= 4 is 5.84 Å². The summed E-state index contributed by atoms with van der Waals surface area (Å²) in [5.74, 6) is 0.511. The average Bonchev–Trinajstić information content (AvgIpc) is 2.57. The zero-order chi connectivity index (χ0) is 10.6. The second kappa shape index (κ2) is 4.23. The van der Waals surface area contributed by atoms with E-state index in [-0.39, 0.29) is 5.41 Å². The predicted octanol–water partition coefficient (Wildman–Crippen LogP) is 1.19. The second-order valence-electron chi connectivity index (χ2n) is 3.71. The highest BCUT2D eigenvalue weighted by molar-refractivity contribution is 5.89. The molecule has 0 spiro atoms. The van der Waals surface area contributed by atoms with Crippen LogP contribution in [0, 0.1) is 5.41 Å². The van der Waals surface area contributed by atoms with Crippen molar-refractivity contribution in [3.8, 4) is 0 Å². The van der Waals surface area contributed by atoms with E-state index in [0.717, 1.165) is 0 Å². The standard InChI is InChI=1S/C9H15N3O2/c1-9(2,6-14-3)8(11-13)12-5-4-10-7-12/h4-5,7,13H,6H2,1-3H3/b11-8-. The highest BCUT2D eigenvalue weighted by Gasteiger charge is 2.27. The van der Waals surface area contributed by atoms with Gasteiger partial charge in [-0.25, -0.2) is 4.98 Å². The summed E-state index contributed by atoms with van der Waals surface area (Å²) >= 11 is 0. The first kappa shape index (κ1) is 10.7. The monoisotopic (exact) mass is 197 g/mol. The molecule has 1 heterocycles. The van der Waals surface area contributed by atoms with Gasteiger partial charge in [-0.3, -0.25) is 4.57 Å². The lowest BCUT2D eigenvalue weighted by atomic mass is 9.93. The lowest BCUT2D eigenvalue weighted by Crippen LogP contribution is -2.34. The molecule has 1 rings (SSSR count). The fourth-order valence-electron chi connectivity index (χ4n) is 1.35. The van der Waals surface area contributed by atoms with Gasteiger partial charge in [0.2, 0.25) is 0 Å². The normalized spacial score (nSPS) is 13.2. The van der Waals surface area contributed by atoms with Crippen molar-refractivity contribution in [3.05, 3.63) is 18.7 Å². The molecule has 78 valence electrons. The molecule has 14 heavy (non-hydrogen) atoms. The number of hydrogen-bond acceptors (Lipinski definition) is 4. The van der Waals surface area contributed by atoms with Crippen molar-refractivity contribution in [1.82, 2.24) is 9.55 Å². The number of imidazole rings is 1. The summed E-state index contributed by atoms with van der Waals surface area (Å²) in [4.78, 5) is 3.89. The Morgan fingerprint density at radius 2 is 2.36 bits per heavy atom. The minimum absolute atomic E-state index is 0.357. The minimum Gasteiger partial charge on any atom is -0.409 e. The maximum atomic E-state index is 8.94. The largest absolute Gasteiger partial charge is 0.409 e. The molecule has 0 bridgehead atoms. The van der Waals surface area contributed by atoms with Crippen molar-refractivity contribution < 1.29 is 9.94 Å². The van der Waals surface area contributed by atoms with E-state index in [1.54, 1.807) is 30.4 Å². The van der Waals surface area contributed by atoms with E-state index in [1.807, 2.05) is 13.8 Å². The summed E-state index contributed by atoms with van der Waals surface area (Å²) in [5, 5.41) is 12.2. The second-order valence-corrected chi connectivity index (χ2v) is 3.71. The van der Waals surface area contributed by atoms with Gasteiger partial charge in [0.15, 0.2) is 5.84 Å². The molecule has 0 saturated heterocycles. The minimum atomic E-state index is -0.357. The number of rotatable bonds is 3. The van der Waals surface area contributed by atoms with Crippen molar-refractivity contribution in [2.75, 3.05) is 13.7 Å². The van der Waals surface area contributed by atoms with Gasteiger partial charge in [0.05, 0.1) is 12.0 Å². The first-order valence-electron chi connectivity index (χ1n) is 4.31. The van der Waals surface area contributed by atoms with Crippen LogP contribution in [0.4, 0.5) is 0 Å². The fraction of sp³-hybridized carbons (Fsp3) is 0.556. The molecule has 1 aromatic rings. The molecule has 0 saturated carbocycles. The Morgan fingerprint density at radius 1 is 1.64 bits per heavy atom. The van der Waals surface area contributed by atoms with Gasteiger partial charge in [-0.05, 0) is 0 Å². The van der Waals surface area contributed by atoms with Crippen molar-refractivity contribution in [3.63, 3.8) is 0 Å². The van der Waals surface area contributed by atoms with Crippen LogP contribution < -0.4 is 0 Å². The molecule has 0 amide bonds. The van der Waals surface area contributed by atoms with Crippen molar-refractivity contribution in [1.29, 1.82) is 0 Å². The Balaban J connectivity index is 2.94. The molecule has 0 unspecified atom stereocenters. The first-order valence-corrected chi connectivity index (χ1v) is 4.31. The number of hydrogen-bond donors (Lipinski definition) is 1. The summed E-state index contributed by atoms with van der Waals surface area (Å²) in [6.45, 7) is 4.35. The quantitative estimate of drug-likeness (QED) is 0.343. The lowest BCUT2D eigenvalue weighted by molar-refractivity contribution is 0.137. The summed E-state index contributed by atoms with van der Waals surface area (Å²) in [7, 11) is 1.62. The maximum absolute atomic E-state index is 8.94. The summed E-state index contributed by atoms with van der Waals surface area (Å²) in [6, 6.07) is 0. The molecule has 0 radical (unpaired) electrons. The van der Waals surface area contributed by atoms with Gasteiger partial charge in [-0.15, -0.1) is 0 Å². The van der Waals surface area contributed by atoms with Crippen LogP contribution in [0.2, 0.25) is 0 Å². The van der Waals surface area contributed by atoms with Gasteiger partial charge in [0, 0.05) is 19.5 Å². The third-order valence-corrected chi connectivity index (χ3v) is 1.95. The molecule has 0 atom stereocenters. The topological polar surface area (TPSA) is 59.6 Å². The van der Waals surface area contributed by atoms with Gasteiger partial charge in [-0.1, -0.05) is 19.0 Å². The SMILES string of the molecule is COCC(C)(C)/C(=N/O)n1ccnc1. The average molecular weight is 197 g/mol. The third kappa shape index (κ3) is 2.11. The van der Waals surface area contributed by atoms with E-state index in [2.05, 4.69) is 10.1 Å². The Kier molecular flexibility index (Phi) is 3.24. The first-order chi connectivity index (χ1) is 6.61. The Morgan fingerprint density at radius 3 is 2.79 bits per heavy atom. The van der Waals surface area contributed by atoms with E-state index in [4.69, 9.17) is 9.94 Å². The molecular formula is C9H15N3O2. The molecule has 1 N–H and O–H groups in total. The van der Waals surface area contributed by atoms with Crippen molar-refractivity contribution in [2.45, 2.75) is 13.8 Å². The van der Waals surface area contributed by atoms with Crippen LogP contribution in [0.5, 0.6) is 0 Å². The smallest absolute Gasteiger partial charge is 0.161 e. The van der Waals surface area contributed by atoms with E-state index < -0.39 is 0 Å². The van der Waals surface area contributed by atoms with Gasteiger partial charge in [-0.2, -0.15) is 0 Å². The zero-order valence-electron chi connectivity index (χ0n) is 8.64. The van der Waals surface area contributed by atoms with Gasteiger partial charge in [0.1, 0.15) is 6.33 Å². The van der Waals surface area contributed by atoms with Crippen LogP contribution in [0.25, 0.3) is 0 Å². The summed E-state index contributed by atoms with van der Waals surface area (Å²) in [5.41, 5.74) is -0.357. The number of ether oxygens (including phenoxy) is 1. The highest BCUT2D eigenvalue weighted by atomic mass is 16.5. The Bertz CT molecular complexity index is 304. The van der Waals surface area contributed by atoms with Gasteiger partial charge in [0.25, 0.3) is 0 Å². The predicted molar refractivity (Wildman–Crippen MR) is 52.5 cm³/mol. The van der Waals surface area contributed by atoms with Crippen LogP contribution in [-0.2, 0) is 4.74 Å². The Hall–Kier alpha value is -1.36. The number of nitrogens with zero attached hydrogens (tertiary/aromatic N) is 3. The molecular weight excluding hydrogens is 182 g/mol. The van der Waals surface area contributed by atoms with E-state index in [1.165, 1.54) is 0 Å². The molecule has 0 aliphatic heterocycles. The third-order valence-electron chi connectivity index (χ3n) is 1.95. The fourth-order valence-corrected chi connectivity index (χ4v) is 1.35. The van der Waals surface area contributed by atoms with Gasteiger partial charge < -0.3 is 9.94 Å². The van der Waals surface area contributed by atoms with E-state index in [0.29, 0.717) is 12.4 Å². The van der Waals surface area contributed by atoms with Crippen LogP contribution in [0.1, 0.15) is 13.8 Å². The molecule has 5 heteroatoms. The number of oxime groups is 1. The molecule has 5 nitrogen and oxygen atoms in total. The summed E-state index contributed by atoms with van der Waals surface area (Å²) < 4.78 is 6.73.